The fourth-order valence-electron chi connectivity index (χ4n) is 3.05. The topological polar surface area (TPSA) is 129 Å². The maximum atomic E-state index is 13.7. The second-order valence-corrected chi connectivity index (χ2v) is 10.0. The first kappa shape index (κ1) is 21.9. The Kier molecular flexibility index (Phi) is 6.25. The van der Waals surface area contributed by atoms with Gasteiger partial charge in [0.2, 0.25) is 14.7 Å². The molecule has 2 heterocycles. The quantitative estimate of drug-likeness (QED) is 0.502. The molecule has 0 bridgehead atoms. The molecule has 160 valence electrons. The molecule has 9 nitrogen and oxygen atoms in total. The van der Waals surface area contributed by atoms with Gasteiger partial charge in [0, 0.05) is 31.6 Å². The number of aromatic nitrogens is 3. The Bertz CT molecular complexity index is 1140. The van der Waals surface area contributed by atoms with Gasteiger partial charge in [0.1, 0.15) is 5.75 Å². The van der Waals surface area contributed by atoms with E-state index in [1.807, 2.05) is 6.92 Å². The highest BCUT2D eigenvalue weighted by molar-refractivity contribution is 7.93. The summed E-state index contributed by atoms with van der Waals surface area (Å²) in [6.45, 7) is 1.90. The fraction of sp³-hybridized carbons (Fsp3) is 0.316. The van der Waals surface area contributed by atoms with Crippen LogP contribution in [0.5, 0.6) is 5.75 Å². The maximum absolute atomic E-state index is 13.7. The summed E-state index contributed by atoms with van der Waals surface area (Å²) < 4.78 is 34.1. The Morgan fingerprint density at radius 1 is 1.30 bits per heavy atom. The van der Waals surface area contributed by atoms with Gasteiger partial charge in [-0.1, -0.05) is 0 Å². The number of primary amides is 1. The van der Waals surface area contributed by atoms with Crippen LogP contribution in [0.15, 0.2) is 47.1 Å². The number of nitrogens with one attached hydrogen (secondary N) is 1. The van der Waals surface area contributed by atoms with E-state index in [-0.39, 0.29) is 17.9 Å². The molecule has 3 aromatic rings. The number of carbonyl (C=O) groups is 1. The number of thiazole rings is 1. The van der Waals surface area contributed by atoms with Gasteiger partial charge in [-0.3, -0.25) is 10.1 Å². The molecule has 0 aliphatic heterocycles. The lowest BCUT2D eigenvalue weighted by Gasteiger charge is -2.31. The molecular weight excluding hydrogens is 426 g/mol. The largest absolute Gasteiger partial charge is 0.497 e. The monoisotopic (exact) mass is 449 g/mol. The third-order valence-corrected chi connectivity index (χ3v) is 7.76. The van der Waals surface area contributed by atoms with Gasteiger partial charge in [-0.05, 0) is 31.2 Å². The third-order valence-electron chi connectivity index (χ3n) is 4.64. The predicted octanol–water partition coefficient (Wildman–Crippen LogP) is 1.18. The maximum Gasteiger partial charge on any atom is 0.254 e. The first-order valence-corrected chi connectivity index (χ1v) is 11.4. The Balaban J connectivity index is 2.07. The van der Waals surface area contributed by atoms with Crippen molar-refractivity contribution in [2.75, 3.05) is 7.11 Å². The third kappa shape index (κ3) is 4.23. The SMILES string of the molecule is COc1ccc(S(=O)(=O)C(Cc2cn(C)cn2)(NCc2csc(C)n2)C(N)=O)cc1. The number of methoxy groups -OCH3 is 1. The van der Waals surface area contributed by atoms with E-state index in [1.165, 1.54) is 49.0 Å². The Labute approximate surface area is 178 Å². The molecule has 1 amide bonds. The number of hydrogen-bond acceptors (Lipinski definition) is 8. The van der Waals surface area contributed by atoms with Crippen LogP contribution in [-0.2, 0) is 34.6 Å². The average molecular weight is 450 g/mol. The highest BCUT2D eigenvalue weighted by atomic mass is 32.2. The number of ether oxygens (including phenoxy) is 1. The summed E-state index contributed by atoms with van der Waals surface area (Å²) >= 11 is 1.43. The Hall–Kier alpha value is -2.76. The van der Waals surface area contributed by atoms with Crippen molar-refractivity contribution in [2.45, 2.75) is 29.7 Å². The lowest BCUT2D eigenvalue weighted by molar-refractivity contribution is -0.121. The molecule has 0 aliphatic carbocycles. The standard InChI is InChI=1S/C19H23N5O4S2/c1-13-23-15(11-29-13)9-22-19(18(20)25,8-14-10-24(2)12-21-14)30(26,27)17-6-4-16(28-3)5-7-17/h4-7,10-12,22H,8-9H2,1-3H3,(H2,20,25). The summed E-state index contributed by atoms with van der Waals surface area (Å²) in [5.41, 5.74) is 6.75. The normalized spacial score (nSPS) is 13.7. The molecule has 0 spiro atoms. The van der Waals surface area contributed by atoms with Crippen molar-refractivity contribution in [3.63, 3.8) is 0 Å². The van der Waals surface area contributed by atoms with Crippen molar-refractivity contribution >= 4 is 27.1 Å². The van der Waals surface area contributed by atoms with Crippen LogP contribution in [0.25, 0.3) is 0 Å². The molecule has 0 saturated carbocycles. The van der Waals surface area contributed by atoms with Crippen LogP contribution >= 0.6 is 11.3 Å². The first-order chi connectivity index (χ1) is 14.2. The minimum absolute atomic E-state index is 0.0511. The zero-order chi connectivity index (χ0) is 21.9. The van der Waals surface area contributed by atoms with Gasteiger partial charge >= 0.3 is 0 Å². The lowest BCUT2D eigenvalue weighted by Crippen LogP contribution is -2.62. The van der Waals surface area contributed by atoms with E-state index in [4.69, 9.17) is 10.5 Å². The van der Waals surface area contributed by atoms with E-state index in [9.17, 15) is 13.2 Å². The summed E-state index contributed by atoms with van der Waals surface area (Å²) in [5.74, 6) is -0.523. The van der Waals surface area contributed by atoms with Crippen LogP contribution in [0.4, 0.5) is 0 Å². The minimum Gasteiger partial charge on any atom is -0.497 e. The first-order valence-electron chi connectivity index (χ1n) is 8.99. The number of sulfone groups is 1. The highest BCUT2D eigenvalue weighted by Crippen LogP contribution is 2.29. The molecule has 0 saturated heterocycles. The number of amides is 1. The van der Waals surface area contributed by atoms with Gasteiger partial charge in [-0.15, -0.1) is 11.3 Å². The highest BCUT2D eigenvalue weighted by Gasteiger charge is 2.50. The van der Waals surface area contributed by atoms with Crippen molar-refractivity contribution in [2.24, 2.45) is 12.8 Å². The van der Waals surface area contributed by atoms with Crippen molar-refractivity contribution in [1.29, 1.82) is 0 Å². The molecule has 2 aromatic heterocycles. The van der Waals surface area contributed by atoms with Gasteiger partial charge in [0.05, 0.1) is 34.7 Å². The second-order valence-electron chi connectivity index (χ2n) is 6.79. The van der Waals surface area contributed by atoms with Crippen LogP contribution in [-0.4, -0.2) is 40.8 Å². The number of imidazole rings is 1. The molecule has 1 aromatic carbocycles. The van der Waals surface area contributed by atoms with Crippen molar-refractivity contribution in [3.05, 3.63) is 58.6 Å². The van der Waals surface area contributed by atoms with Crippen molar-refractivity contribution in [3.8, 4) is 5.75 Å². The van der Waals surface area contributed by atoms with E-state index in [0.29, 0.717) is 17.1 Å². The number of aryl methyl sites for hydroxylation is 2. The van der Waals surface area contributed by atoms with Gasteiger partial charge < -0.3 is 15.0 Å². The van der Waals surface area contributed by atoms with E-state index in [0.717, 1.165) is 5.01 Å². The van der Waals surface area contributed by atoms with E-state index < -0.39 is 20.6 Å². The van der Waals surface area contributed by atoms with Crippen LogP contribution < -0.4 is 15.8 Å². The number of rotatable bonds is 9. The van der Waals surface area contributed by atoms with Gasteiger partial charge in [-0.2, -0.15) is 0 Å². The Morgan fingerprint density at radius 3 is 2.50 bits per heavy atom. The lowest BCUT2D eigenvalue weighted by atomic mass is 10.1. The molecular formula is C19H23N5O4S2. The van der Waals surface area contributed by atoms with Crippen molar-refractivity contribution < 1.29 is 17.9 Å². The molecule has 0 radical (unpaired) electrons. The zero-order valence-electron chi connectivity index (χ0n) is 16.8. The Morgan fingerprint density at radius 2 is 2.00 bits per heavy atom. The summed E-state index contributed by atoms with van der Waals surface area (Å²) in [4.78, 5) is 19.1. The molecule has 3 N–H and O–H groups in total. The minimum atomic E-state index is -4.25. The smallest absolute Gasteiger partial charge is 0.254 e. The summed E-state index contributed by atoms with van der Waals surface area (Å²) in [6, 6.07) is 5.81. The molecule has 3 rings (SSSR count). The van der Waals surface area contributed by atoms with Gasteiger partial charge in [-0.25, -0.2) is 18.4 Å². The second kappa shape index (κ2) is 8.54. The van der Waals surface area contributed by atoms with Gasteiger partial charge in [0.15, 0.2) is 0 Å². The summed E-state index contributed by atoms with van der Waals surface area (Å²) in [6.07, 6.45) is 2.95. The number of nitrogens with zero attached hydrogens (tertiary/aromatic N) is 3. The van der Waals surface area contributed by atoms with Crippen molar-refractivity contribution in [1.82, 2.24) is 19.9 Å². The fourth-order valence-corrected chi connectivity index (χ4v) is 5.43. The van der Waals surface area contributed by atoms with Crippen LogP contribution in [0, 0.1) is 6.92 Å². The average Bonchev–Trinajstić information content (AvgIpc) is 3.32. The van der Waals surface area contributed by atoms with Crippen LogP contribution in [0.3, 0.4) is 0 Å². The number of benzene rings is 1. The molecule has 30 heavy (non-hydrogen) atoms. The number of carbonyl (C=O) groups excluding carboxylic acids is 1. The summed E-state index contributed by atoms with van der Waals surface area (Å²) in [7, 11) is -1.02. The number of hydrogen-bond donors (Lipinski definition) is 2. The number of nitrogens with two attached hydrogens (primary N) is 1. The zero-order valence-corrected chi connectivity index (χ0v) is 18.5. The van der Waals surface area contributed by atoms with Crippen LogP contribution in [0.2, 0.25) is 0 Å². The molecule has 0 fully saturated rings. The summed E-state index contributed by atoms with van der Waals surface area (Å²) in [5, 5.41) is 5.52. The van der Waals surface area contributed by atoms with E-state index >= 15 is 0 Å². The van der Waals surface area contributed by atoms with E-state index in [1.54, 1.807) is 23.2 Å². The van der Waals surface area contributed by atoms with E-state index in [2.05, 4.69) is 15.3 Å². The molecule has 1 unspecified atom stereocenters. The molecule has 0 aliphatic rings. The van der Waals surface area contributed by atoms with Gasteiger partial charge in [0.25, 0.3) is 5.91 Å². The molecule has 11 heteroatoms. The van der Waals surface area contributed by atoms with Crippen LogP contribution in [0.1, 0.15) is 16.4 Å². The predicted molar refractivity (Wildman–Crippen MR) is 113 cm³/mol. The molecule has 1 atom stereocenters.